The van der Waals surface area contributed by atoms with Crippen LogP contribution in [0, 0.1) is 0 Å². The van der Waals surface area contributed by atoms with E-state index >= 15 is 0 Å². The summed E-state index contributed by atoms with van der Waals surface area (Å²) in [6.45, 7) is 0. The summed E-state index contributed by atoms with van der Waals surface area (Å²) in [6, 6.07) is 0. The average molecular weight is 493 g/mol. The molecule has 0 heterocycles. The molecule has 0 fully saturated rings. The first-order chi connectivity index (χ1) is 0. The van der Waals surface area contributed by atoms with Gasteiger partial charge in [0.2, 0.25) is 0 Å². The first kappa shape index (κ1) is 271. The molecule has 0 aliphatic carbocycles. The number of hydrogen-bond donors (Lipinski definition) is 0. The molecule has 0 unspecified atom stereocenters. The monoisotopic (exact) mass is 490 g/mol. The van der Waals surface area contributed by atoms with Gasteiger partial charge in [0, 0.05) is 0 Å². The Hall–Kier alpha value is 0.440. The molecule has 0 N–H and O–H groups in total. The fourth-order valence-corrected chi connectivity index (χ4v) is 0. The summed E-state index contributed by atoms with van der Waals surface area (Å²) in [5.74, 6) is 0. The van der Waals surface area contributed by atoms with Crippen molar-refractivity contribution in [2.24, 2.45) is 0 Å². The minimum absolute atomic E-state index is 0. The first-order valence-corrected chi connectivity index (χ1v) is 0. The van der Waals surface area contributed by atoms with Crippen LogP contribution in [0.1, 0.15) is 0 Å². The van der Waals surface area contributed by atoms with Gasteiger partial charge in [-0.15, -0.1) is 0 Å². The van der Waals surface area contributed by atoms with Gasteiger partial charge in [0.1, 0.15) is 0 Å². The largest absolute Gasteiger partial charge is 1.00 e. The number of hydrogen-bond acceptors (Lipinski definition) is 0. The topological polar surface area (TPSA) is 0 Å². The average Bonchev–Trinajstić information content (AvgIpc) is 0. The molecule has 0 spiro atoms. The van der Waals surface area contributed by atoms with Crippen LogP contribution in [-0.4, -0.2) is 0 Å². The Morgan fingerprint density at radius 1 is 0.500 bits per heavy atom. The summed E-state index contributed by atoms with van der Waals surface area (Å²) in [5.41, 5.74) is 0. The molecule has 4 heavy (non-hydrogen) atoms. The molecule has 0 nitrogen and oxygen atoms in total. The van der Waals surface area contributed by atoms with Gasteiger partial charge in [0.05, 0.1) is 0 Å². The summed E-state index contributed by atoms with van der Waals surface area (Å²) in [5, 5.41) is 0. The molecule has 35 valence electrons. The zero-order valence-electron chi connectivity index (χ0n) is 1.44. The van der Waals surface area contributed by atoms with Crippen LogP contribution in [0.5, 0.6) is 0 Å². The molecule has 0 aromatic rings. The zero-order chi connectivity index (χ0) is 0. The Balaban J connectivity index is 0. The van der Waals surface area contributed by atoms with Crippen molar-refractivity contribution in [3.05, 3.63) is 0 Å². The Morgan fingerprint density at radius 2 is 0.500 bits per heavy atom. The van der Waals surface area contributed by atoms with E-state index in [-0.39, 0.29) is 50.9 Å². The van der Waals surface area contributed by atoms with Crippen molar-refractivity contribution in [3.63, 3.8) is 0 Å². The van der Waals surface area contributed by atoms with Gasteiger partial charge in [0.15, 0.2) is 0 Å². The quantitative estimate of drug-likeness (QED) is 0.315. The van der Waals surface area contributed by atoms with Gasteiger partial charge in [-0.1, -0.05) is 0 Å². The minimum atomic E-state index is 0. The Kier molecular flexibility index (Phi) is 7180. The second-order valence-corrected chi connectivity index (χ2v) is 0. The molecule has 0 amide bonds. The summed E-state index contributed by atoms with van der Waals surface area (Å²) in [6.07, 6.45) is 0. The maximum atomic E-state index is 0. The SMILES string of the molecule is [253Es].[Br-].[Br-].[Br-]. The third kappa shape index (κ3) is 26.1. The zero-order valence-corrected chi connectivity index (χ0v) is 8.70. The Bertz CT molecular complexity index is 3.25. The molecule has 0 saturated heterocycles. The van der Waals surface area contributed by atoms with Crippen LogP contribution in [0.25, 0.3) is 0 Å². The van der Waals surface area contributed by atoms with E-state index in [1.165, 1.54) is 0 Å². The molecule has 0 aliphatic rings. The minimum Gasteiger partial charge on any atom is -1.00 e. The molecule has 0 bridgehead atoms. The van der Waals surface area contributed by atoms with Gasteiger partial charge in [-0.25, -0.2) is 0 Å². The van der Waals surface area contributed by atoms with Crippen LogP contribution in [0.2, 0.25) is 0 Å². The van der Waals surface area contributed by atoms with Gasteiger partial charge < -0.3 is 50.9 Å². The number of rotatable bonds is 0. The molecule has 0 rings (SSSR count). The molecule has 0 saturated carbocycles. The number of halogens is 3. The van der Waals surface area contributed by atoms with Crippen LogP contribution in [0.4, 0.5) is 0 Å². The second kappa shape index (κ2) is 106. The standard InChI is InChI=1S/3BrH.Es/h3*1H;/p-3/i;;;1+1. The van der Waals surface area contributed by atoms with Crippen molar-refractivity contribution in [3.8, 4) is 0 Å². The van der Waals surface area contributed by atoms with Crippen molar-refractivity contribution < 1.29 is 50.9 Å². The fraction of sp³-hybridized carbons (Fsp3) is 0. The van der Waals surface area contributed by atoms with Crippen molar-refractivity contribution in [1.29, 1.82) is 0 Å². The van der Waals surface area contributed by atoms with Crippen LogP contribution in [0.3, 0.4) is 0 Å². The normalized spacial score (nSPS) is 0. The van der Waals surface area contributed by atoms with Crippen LogP contribution in [0.15, 0.2) is 0 Å². The Labute approximate surface area is 50.9 Å². The third-order valence-corrected chi connectivity index (χ3v) is 0. The van der Waals surface area contributed by atoms with Gasteiger partial charge in [0.25, 0.3) is 0 Å². The van der Waals surface area contributed by atoms with Crippen molar-refractivity contribution >= 4 is 0 Å². The summed E-state index contributed by atoms with van der Waals surface area (Å²) in [7, 11) is 0. The van der Waals surface area contributed by atoms with Crippen LogP contribution >= 0.6 is 0 Å². The Morgan fingerprint density at radius 3 is 0.500 bits per heavy atom. The molecular weight excluding hydrogens is 493 g/mol. The molecule has 1 radical (unpaired) electrons. The summed E-state index contributed by atoms with van der Waals surface area (Å²) >= 11 is 0. The van der Waals surface area contributed by atoms with Crippen LogP contribution in [-0.2, 0) is 0 Å². The predicted octanol–water partition coefficient (Wildman–Crippen LogP) is -8.99. The van der Waals surface area contributed by atoms with E-state index in [4.69, 9.17) is 0 Å². The van der Waals surface area contributed by atoms with Crippen molar-refractivity contribution in [1.82, 2.24) is 0 Å². The van der Waals surface area contributed by atoms with E-state index in [0.717, 1.165) is 0 Å². The third-order valence-electron chi connectivity index (χ3n) is 0. The van der Waals surface area contributed by atoms with E-state index < -0.39 is 0 Å². The molecule has 4 heteroatoms. The fourth-order valence-electron chi connectivity index (χ4n) is 0. The van der Waals surface area contributed by atoms with Gasteiger partial charge in [-0.05, 0) is 0 Å². The van der Waals surface area contributed by atoms with E-state index in [1.807, 2.05) is 0 Å². The van der Waals surface area contributed by atoms with Gasteiger partial charge >= 0.3 is 0 Å². The van der Waals surface area contributed by atoms with Gasteiger partial charge in [-0.3, -0.25) is 0 Å². The van der Waals surface area contributed by atoms with E-state index in [0.29, 0.717) is 0 Å². The maximum absolute atomic E-state index is 0. The predicted molar refractivity (Wildman–Crippen MR) is 0 cm³/mol. The second-order valence-electron chi connectivity index (χ2n) is 0. The van der Waals surface area contributed by atoms with Gasteiger partial charge in [-0.2, -0.15) is 0 Å². The van der Waals surface area contributed by atoms with E-state index in [9.17, 15) is 0 Å². The maximum Gasteiger partial charge on any atom is 0 e. The molecule has 0 aliphatic heterocycles. The molecule has 0 aromatic heterocycles. The van der Waals surface area contributed by atoms with Crippen LogP contribution < -0.4 is 50.9 Å². The smallest absolute Gasteiger partial charge is 0 e. The van der Waals surface area contributed by atoms with Crippen molar-refractivity contribution in [2.75, 3.05) is 0 Å². The van der Waals surface area contributed by atoms with Crippen molar-refractivity contribution in [2.45, 2.75) is 0 Å². The molecule has 0 aromatic carbocycles. The summed E-state index contributed by atoms with van der Waals surface area (Å²) in [4.78, 5) is 0. The summed E-state index contributed by atoms with van der Waals surface area (Å²) < 4.78 is 0. The first-order valence-electron chi connectivity index (χ1n) is 0. The van der Waals surface area contributed by atoms with E-state index in [1.54, 1.807) is 0 Å². The van der Waals surface area contributed by atoms with E-state index in [2.05, 4.69) is 0 Å². The molecule has 0 atom stereocenters. The molecular formula is Br3Es-3.